The number of rotatable bonds is 3. The molecule has 3 aromatic rings. The van der Waals surface area contributed by atoms with Crippen molar-refractivity contribution in [2.75, 3.05) is 5.32 Å². The lowest BCUT2D eigenvalue weighted by atomic mass is 10.1. The smallest absolute Gasteiger partial charge is 0.124 e. The molecule has 0 saturated heterocycles. The zero-order chi connectivity index (χ0) is 15.0. The van der Waals surface area contributed by atoms with E-state index in [-0.39, 0.29) is 11.9 Å². The standard InChI is InChI=1S/C16H14ClFN2S/c1-9(13-5-3-11(18)7-14(13)17)19-12-4-6-15-16(8-12)21-10(2)20-15/h3-9,19H,1-2H3. The maximum absolute atomic E-state index is 13.1. The molecule has 108 valence electrons. The van der Waals surface area contributed by atoms with Gasteiger partial charge in [0.2, 0.25) is 0 Å². The van der Waals surface area contributed by atoms with Crippen LogP contribution in [0.4, 0.5) is 10.1 Å². The van der Waals surface area contributed by atoms with Crippen LogP contribution in [0.1, 0.15) is 23.5 Å². The summed E-state index contributed by atoms with van der Waals surface area (Å²) in [5, 5.41) is 4.88. The van der Waals surface area contributed by atoms with Gasteiger partial charge in [0.05, 0.1) is 15.2 Å². The van der Waals surface area contributed by atoms with Crippen molar-refractivity contribution in [3.05, 3.63) is 57.8 Å². The van der Waals surface area contributed by atoms with Crippen LogP contribution >= 0.6 is 22.9 Å². The van der Waals surface area contributed by atoms with Gasteiger partial charge in [-0.1, -0.05) is 17.7 Å². The highest BCUT2D eigenvalue weighted by Gasteiger charge is 2.11. The molecule has 0 radical (unpaired) electrons. The zero-order valence-electron chi connectivity index (χ0n) is 11.7. The number of halogens is 2. The fourth-order valence-electron chi connectivity index (χ4n) is 2.31. The second-order valence-corrected chi connectivity index (χ2v) is 6.59. The lowest BCUT2D eigenvalue weighted by Crippen LogP contribution is -2.07. The van der Waals surface area contributed by atoms with Crippen molar-refractivity contribution < 1.29 is 4.39 Å². The van der Waals surface area contributed by atoms with Gasteiger partial charge in [0.1, 0.15) is 5.82 Å². The summed E-state index contributed by atoms with van der Waals surface area (Å²) in [6.07, 6.45) is 0. The molecule has 0 aliphatic carbocycles. The predicted molar refractivity (Wildman–Crippen MR) is 87.8 cm³/mol. The first kappa shape index (κ1) is 14.3. The van der Waals surface area contributed by atoms with E-state index in [9.17, 15) is 4.39 Å². The number of fused-ring (bicyclic) bond motifs is 1. The van der Waals surface area contributed by atoms with Crippen LogP contribution in [-0.2, 0) is 0 Å². The summed E-state index contributed by atoms with van der Waals surface area (Å²) in [4.78, 5) is 4.44. The van der Waals surface area contributed by atoms with Crippen LogP contribution in [0, 0.1) is 12.7 Å². The van der Waals surface area contributed by atoms with E-state index in [2.05, 4.69) is 16.4 Å². The first-order valence-electron chi connectivity index (χ1n) is 6.61. The summed E-state index contributed by atoms with van der Waals surface area (Å²) in [5.74, 6) is -0.322. The molecule has 0 saturated carbocycles. The average molecular weight is 321 g/mol. The number of nitrogens with zero attached hydrogens (tertiary/aromatic N) is 1. The van der Waals surface area contributed by atoms with E-state index >= 15 is 0 Å². The van der Waals surface area contributed by atoms with Crippen molar-refractivity contribution in [2.45, 2.75) is 19.9 Å². The first-order chi connectivity index (χ1) is 10.0. The number of hydrogen-bond donors (Lipinski definition) is 1. The molecule has 3 rings (SSSR count). The van der Waals surface area contributed by atoms with Crippen LogP contribution in [-0.4, -0.2) is 4.98 Å². The number of anilines is 1. The fourth-order valence-corrected chi connectivity index (χ4v) is 3.51. The Morgan fingerprint density at radius 3 is 2.81 bits per heavy atom. The summed E-state index contributed by atoms with van der Waals surface area (Å²) in [6.45, 7) is 4.00. The van der Waals surface area contributed by atoms with E-state index in [1.165, 1.54) is 12.1 Å². The maximum Gasteiger partial charge on any atom is 0.124 e. The largest absolute Gasteiger partial charge is 0.378 e. The van der Waals surface area contributed by atoms with Crippen LogP contribution < -0.4 is 5.32 Å². The number of nitrogens with one attached hydrogen (secondary N) is 1. The second kappa shape index (κ2) is 5.62. The Balaban J connectivity index is 1.86. The molecule has 1 heterocycles. The van der Waals surface area contributed by atoms with Crippen molar-refractivity contribution in [2.24, 2.45) is 0 Å². The number of thiazole rings is 1. The van der Waals surface area contributed by atoms with Crippen LogP contribution in [0.5, 0.6) is 0 Å². The van der Waals surface area contributed by atoms with Crippen molar-refractivity contribution in [3.8, 4) is 0 Å². The van der Waals surface area contributed by atoms with Gasteiger partial charge in [-0.3, -0.25) is 0 Å². The Kier molecular flexibility index (Phi) is 3.83. The highest BCUT2D eigenvalue weighted by molar-refractivity contribution is 7.18. The van der Waals surface area contributed by atoms with Gasteiger partial charge in [0.15, 0.2) is 0 Å². The van der Waals surface area contributed by atoms with Gasteiger partial charge < -0.3 is 5.32 Å². The summed E-state index contributed by atoms with van der Waals surface area (Å²) in [7, 11) is 0. The normalized spacial score (nSPS) is 12.6. The molecule has 2 aromatic carbocycles. The Morgan fingerprint density at radius 1 is 1.24 bits per heavy atom. The third-order valence-corrected chi connectivity index (χ3v) is 4.57. The topological polar surface area (TPSA) is 24.9 Å². The van der Waals surface area contributed by atoms with Gasteiger partial charge >= 0.3 is 0 Å². The second-order valence-electron chi connectivity index (χ2n) is 4.95. The number of hydrogen-bond acceptors (Lipinski definition) is 3. The lowest BCUT2D eigenvalue weighted by Gasteiger charge is -2.17. The Bertz CT molecular complexity index is 800. The minimum atomic E-state index is -0.322. The van der Waals surface area contributed by atoms with Crippen LogP contribution in [0.3, 0.4) is 0 Å². The molecule has 0 fully saturated rings. The van der Waals surface area contributed by atoms with Crippen molar-refractivity contribution in [1.82, 2.24) is 4.98 Å². The van der Waals surface area contributed by atoms with Crippen LogP contribution in [0.25, 0.3) is 10.2 Å². The van der Waals surface area contributed by atoms with Crippen molar-refractivity contribution in [1.29, 1.82) is 0 Å². The van der Waals surface area contributed by atoms with E-state index in [1.54, 1.807) is 17.4 Å². The lowest BCUT2D eigenvalue weighted by molar-refractivity contribution is 0.626. The van der Waals surface area contributed by atoms with Gasteiger partial charge in [0.25, 0.3) is 0 Å². The molecular weight excluding hydrogens is 307 g/mol. The van der Waals surface area contributed by atoms with Gasteiger partial charge in [-0.2, -0.15) is 0 Å². The van der Waals surface area contributed by atoms with Gasteiger partial charge in [-0.05, 0) is 49.7 Å². The Labute approximate surface area is 131 Å². The summed E-state index contributed by atoms with van der Waals surface area (Å²) in [5.41, 5.74) is 2.88. The molecule has 0 bridgehead atoms. The Morgan fingerprint density at radius 2 is 2.05 bits per heavy atom. The molecule has 1 atom stereocenters. The van der Waals surface area contributed by atoms with E-state index in [4.69, 9.17) is 11.6 Å². The first-order valence-corrected chi connectivity index (χ1v) is 7.81. The minimum Gasteiger partial charge on any atom is -0.378 e. The summed E-state index contributed by atoms with van der Waals surface area (Å²) >= 11 is 7.77. The molecule has 5 heteroatoms. The Hall–Kier alpha value is -1.65. The third kappa shape index (κ3) is 3.01. The van der Waals surface area contributed by atoms with Crippen LogP contribution in [0.15, 0.2) is 36.4 Å². The summed E-state index contributed by atoms with van der Waals surface area (Å²) < 4.78 is 14.3. The maximum atomic E-state index is 13.1. The average Bonchev–Trinajstić information content (AvgIpc) is 2.77. The molecule has 0 aliphatic heterocycles. The SMILES string of the molecule is Cc1nc2ccc(NC(C)c3ccc(F)cc3Cl)cc2s1. The molecule has 1 aromatic heterocycles. The zero-order valence-corrected chi connectivity index (χ0v) is 13.2. The van der Waals surface area contributed by atoms with Crippen LogP contribution in [0.2, 0.25) is 5.02 Å². The quantitative estimate of drug-likeness (QED) is 0.682. The van der Waals surface area contributed by atoms with E-state index < -0.39 is 0 Å². The predicted octanol–water partition coefficient (Wildman–Crippen LogP) is 5.57. The van der Waals surface area contributed by atoms with Crippen molar-refractivity contribution in [3.63, 3.8) is 0 Å². The highest BCUT2D eigenvalue weighted by Crippen LogP contribution is 2.29. The number of aryl methyl sites for hydroxylation is 1. The van der Waals surface area contributed by atoms with Gasteiger partial charge in [0, 0.05) is 16.8 Å². The third-order valence-electron chi connectivity index (χ3n) is 3.31. The molecule has 1 N–H and O–H groups in total. The van der Waals surface area contributed by atoms with Crippen molar-refractivity contribution >= 4 is 38.8 Å². The molecule has 0 aliphatic rings. The fraction of sp³-hybridized carbons (Fsp3) is 0.188. The number of benzene rings is 2. The molecule has 0 spiro atoms. The van der Waals surface area contributed by atoms with Gasteiger partial charge in [-0.15, -0.1) is 11.3 Å². The minimum absolute atomic E-state index is 0.00966. The monoisotopic (exact) mass is 320 g/mol. The number of aromatic nitrogens is 1. The molecule has 0 amide bonds. The van der Waals surface area contributed by atoms with E-state index in [1.807, 2.05) is 26.0 Å². The van der Waals surface area contributed by atoms with E-state index in [0.29, 0.717) is 5.02 Å². The molecule has 21 heavy (non-hydrogen) atoms. The van der Waals surface area contributed by atoms with E-state index in [0.717, 1.165) is 26.5 Å². The highest BCUT2D eigenvalue weighted by atomic mass is 35.5. The molecular formula is C16H14ClFN2S. The molecule has 1 unspecified atom stereocenters. The summed E-state index contributed by atoms with van der Waals surface area (Å²) in [6, 6.07) is 10.5. The molecule has 2 nitrogen and oxygen atoms in total. The van der Waals surface area contributed by atoms with Gasteiger partial charge in [-0.25, -0.2) is 9.37 Å².